The molecule has 0 amide bonds. The summed E-state index contributed by atoms with van der Waals surface area (Å²) in [5.74, 6) is -0.563. The molecule has 0 fully saturated rings. The molecule has 0 heterocycles. The van der Waals surface area contributed by atoms with Crippen molar-refractivity contribution in [3.63, 3.8) is 0 Å². The quantitative estimate of drug-likeness (QED) is 0.457. The molecule has 6 heteroatoms. The van der Waals surface area contributed by atoms with E-state index in [1.165, 1.54) is 25.3 Å². The standard InChI is InChI=1S/C19H16FNO4/c1-23-16-6-3-13(4-7-16)9-15(11-21)19(22)25-12-14-5-8-18(24-2)17(20)10-14/h3-10H,12H2,1-2H3/b15-9+. The van der Waals surface area contributed by atoms with Crippen molar-refractivity contribution in [2.45, 2.75) is 6.61 Å². The molecule has 0 bridgehead atoms. The minimum Gasteiger partial charge on any atom is -0.497 e. The van der Waals surface area contributed by atoms with Crippen LogP contribution in [0.25, 0.3) is 6.08 Å². The highest BCUT2D eigenvalue weighted by Gasteiger charge is 2.12. The summed E-state index contributed by atoms with van der Waals surface area (Å²) in [6, 6.07) is 12.9. The number of hydrogen-bond donors (Lipinski definition) is 0. The number of carbonyl (C=O) groups excluding carboxylic acids is 1. The largest absolute Gasteiger partial charge is 0.497 e. The lowest BCUT2D eigenvalue weighted by Gasteiger charge is -2.06. The first-order chi connectivity index (χ1) is 12.1. The smallest absolute Gasteiger partial charge is 0.349 e. The molecule has 2 rings (SSSR count). The van der Waals surface area contributed by atoms with Crippen LogP contribution < -0.4 is 9.47 Å². The van der Waals surface area contributed by atoms with Gasteiger partial charge in [0.2, 0.25) is 0 Å². The van der Waals surface area contributed by atoms with Crippen LogP contribution in [0.15, 0.2) is 48.0 Å². The molecule has 2 aromatic carbocycles. The number of nitriles is 1. The Kier molecular flexibility index (Phi) is 6.13. The topological polar surface area (TPSA) is 68.5 Å². The van der Waals surface area contributed by atoms with E-state index in [2.05, 4.69) is 0 Å². The maximum Gasteiger partial charge on any atom is 0.349 e. The summed E-state index contributed by atoms with van der Waals surface area (Å²) >= 11 is 0. The highest BCUT2D eigenvalue weighted by atomic mass is 19.1. The molecular weight excluding hydrogens is 325 g/mol. The zero-order valence-corrected chi connectivity index (χ0v) is 13.8. The van der Waals surface area contributed by atoms with Crippen LogP contribution in [0.4, 0.5) is 4.39 Å². The van der Waals surface area contributed by atoms with E-state index in [0.717, 1.165) is 0 Å². The van der Waals surface area contributed by atoms with Crippen LogP contribution in [-0.4, -0.2) is 20.2 Å². The third-order valence-electron chi connectivity index (χ3n) is 3.35. The number of halogens is 1. The summed E-state index contributed by atoms with van der Waals surface area (Å²) < 4.78 is 28.5. The summed E-state index contributed by atoms with van der Waals surface area (Å²) in [7, 11) is 2.91. The fourth-order valence-electron chi connectivity index (χ4n) is 2.03. The average molecular weight is 341 g/mol. The van der Waals surface area contributed by atoms with Crippen molar-refractivity contribution < 1.29 is 23.4 Å². The average Bonchev–Trinajstić information content (AvgIpc) is 2.64. The molecular formula is C19H16FNO4. The number of rotatable bonds is 6. The number of benzene rings is 2. The van der Waals surface area contributed by atoms with Gasteiger partial charge in [0, 0.05) is 0 Å². The Morgan fingerprint density at radius 3 is 2.44 bits per heavy atom. The second kappa shape index (κ2) is 8.50. The predicted octanol–water partition coefficient (Wildman–Crippen LogP) is 3.49. The van der Waals surface area contributed by atoms with Crippen molar-refractivity contribution in [2.75, 3.05) is 14.2 Å². The Bertz CT molecular complexity index is 822. The lowest BCUT2D eigenvalue weighted by molar-refractivity contribution is -0.139. The van der Waals surface area contributed by atoms with Gasteiger partial charge in [-0.1, -0.05) is 18.2 Å². The Balaban J connectivity index is 2.05. The van der Waals surface area contributed by atoms with Crippen LogP contribution in [0, 0.1) is 17.1 Å². The summed E-state index contributed by atoms with van der Waals surface area (Å²) in [6.07, 6.45) is 1.41. The molecule has 0 radical (unpaired) electrons. The molecule has 0 atom stereocenters. The molecule has 0 unspecified atom stereocenters. The summed E-state index contributed by atoms with van der Waals surface area (Å²) in [4.78, 5) is 12.0. The second-order valence-electron chi connectivity index (χ2n) is 4.99. The van der Waals surface area contributed by atoms with Gasteiger partial charge >= 0.3 is 5.97 Å². The highest BCUT2D eigenvalue weighted by Crippen LogP contribution is 2.19. The molecule has 0 saturated heterocycles. The van der Waals surface area contributed by atoms with E-state index in [1.807, 2.05) is 0 Å². The maximum atomic E-state index is 13.6. The molecule has 0 aromatic heterocycles. The summed E-state index contributed by atoms with van der Waals surface area (Å²) in [5, 5.41) is 9.15. The van der Waals surface area contributed by atoms with E-state index in [1.54, 1.807) is 43.5 Å². The van der Waals surface area contributed by atoms with E-state index >= 15 is 0 Å². The van der Waals surface area contributed by atoms with Crippen molar-refractivity contribution in [2.24, 2.45) is 0 Å². The lowest BCUT2D eigenvalue weighted by Crippen LogP contribution is -2.07. The minimum atomic E-state index is -0.783. The van der Waals surface area contributed by atoms with E-state index < -0.39 is 11.8 Å². The zero-order chi connectivity index (χ0) is 18.2. The fourth-order valence-corrected chi connectivity index (χ4v) is 2.03. The van der Waals surface area contributed by atoms with Crippen molar-refractivity contribution in [1.29, 1.82) is 5.26 Å². The Morgan fingerprint density at radius 2 is 1.88 bits per heavy atom. The number of nitrogens with zero attached hydrogens (tertiary/aromatic N) is 1. The Morgan fingerprint density at radius 1 is 1.16 bits per heavy atom. The van der Waals surface area contributed by atoms with Gasteiger partial charge in [-0.3, -0.25) is 0 Å². The Hall–Kier alpha value is -3.33. The molecule has 0 aliphatic heterocycles. The fraction of sp³-hybridized carbons (Fsp3) is 0.158. The van der Waals surface area contributed by atoms with Gasteiger partial charge in [0.15, 0.2) is 11.6 Å². The molecule has 5 nitrogen and oxygen atoms in total. The zero-order valence-electron chi connectivity index (χ0n) is 13.8. The number of ether oxygens (including phenoxy) is 3. The van der Waals surface area contributed by atoms with E-state index in [4.69, 9.17) is 19.5 Å². The van der Waals surface area contributed by atoms with Crippen LogP contribution in [-0.2, 0) is 16.1 Å². The van der Waals surface area contributed by atoms with Crippen LogP contribution in [0.5, 0.6) is 11.5 Å². The van der Waals surface area contributed by atoms with Crippen LogP contribution >= 0.6 is 0 Å². The van der Waals surface area contributed by atoms with Crippen molar-refractivity contribution in [1.82, 2.24) is 0 Å². The van der Waals surface area contributed by atoms with Gasteiger partial charge in [-0.05, 0) is 41.5 Å². The summed E-state index contributed by atoms with van der Waals surface area (Å²) in [5.41, 5.74) is 0.956. The van der Waals surface area contributed by atoms with Gasteiger partial charge in [0.05, 0.1) is 14.2 Å². The van der Waals surface area contributed by atoms with E-state index in [-0.39, 0.29) is 17.9 Å². The molecule has 25 heavy (non-hydrogen) atoms. The van der Waals surface area contributed by atoms with Gasteiger partial charge in [0.25, 0.3) is 0 Å². The normalized spacial score (nSPS) is 10.7. The van der Waals surface area contributed by atoms with Gasteiger partial charge in [-0.15, -0.1) is 0 Å². The minimum absolute atomic E-state index is 0.104. The van der Waals surface area contributed by atoms with Crippen LogP contribution in [0.3, 0.4) is 0 Å². The summed E-state index contributed by atoms with van der Waals surface area (Å²) in [6.45, 7) is -0.151. The first-order valence-corrected chi connectivity index (χ1v) is 7.32. The first kappa shape index (κ1) is 18.0. The van der Waals surface area contributed by atoms with E-state index in [0.29, 0.717) is 16.9 Å². The van der Waals surface area contributed by atoms with Gasteiger partial charge < -0.3 is 14.2 Å². The third-order valence-corrected chi connectivity index (χ3v) is 3.35. The first-order valence-electron chi connectivity index (χ1n) is 7.32. The third kappa shape index (κ3) is 4.82. The molecule has 0 saturated carbocycles. The molecule has 0 aliphatic rings. The van der Waals surface area contributed by atoms with Crippen molar-refractivity contribution in [3.8, 4) is 17.6 Å². The molecule has 0 N–H and O–H groups in total. The van der Waals surface area contributed by atoms with Crippen LogP contribution in [0.1, 0.15) is 11.1 Å². The maximum absolute atomic E-state index is 13.6. The molecule has 0 spiro atoms. The van der Waals surface area contributed by atoms with Crippen molar-refractivity contribution in [3.05, 3.63) is 65.0 Å². The van der Waals surface area contributed by atoms with Crippen molar-refractivity contribution >= 4 is 12.0 Å². The molecule has 128 valence electrons. The molecule has 2 aromatic rings. The van der Waals surface area contributed by atoms with Gasteiger partial charge in [-0.25, -0.2) is 9.18 Å². The van der Waals surface area contributed by atoms with Gasteiger partial charge in [-0.2, -0.15) is 5.26 Å². The number of carbonyl (C=O) groups is 1. The number of hydrogen-bond acceptors (Lipinski definition) is 5. The monoisotopic (exact) mass is 341 g/mol. The number of esters is 1. The SMILES string of the molecule is COc1ccc(/C=C(\C#N)C(=O)OCc2ccc(OC)c(F)c2)cc1. The number of methoxy groups -OCH3 is 2. The van der Waals surface area contributed by atoms with Crippen LogP contribution in [0.2, 0.25) is 0 Å². The highest BCUT2D eigenvalue weighted by molar-refractivity contribution is 5.97. The predicted molar refractivity (Wildman–Crippen MR) is 89.3 cm³/mol. The van der Waals surface area contributed by atoms with Gasteiger partial charge in [0.1, 0.15) is 24.0 Å². The Labute approximate surface area is 144 Å². The van der Waals surface area contributed by atoms with E-state index in [9.17, 15) is 9.18 Å². The lowest BCUT2D eigenvalue weighted by atomic mass is 10.1. The second-order valence-corrected chi connectivity index (χ2v) is 4.99. The molecule has 0 aliphatic carbocycles.